The Balaban J connectivity index is 3.49. The molecule has 1 N–H and O–H groups in total. The van der Waals surface area contributed by atoms with Gasteiger partial charge in [-0.3, -0.25) is 0 Å². The van der Waals surface area contributed by atoms with Crippen LogP contribution in [0.2, 0.25) is 0 Å². The zero-order valence-corrected chi connectivity index (χ0v) is 6.39. The minimum absolute atomic E-state index is 0.152. The summed E-state index contributed by atoms with van der Waals surface area (Å²) >= 11 is 0. The lowest BCUT2D eigenvalue weighted by Gasteiger charge is -2.08. The third-order valence-electron chi connectivity index (χ3n) is 1.01. The molecule has 9 heavy (non-hydrogen) atoms. The minimum Gasteiger partial charge on any atom is -0.392 e. The third-order valence-corrected chi connectivity index (χ3v) is 1.01. The molecule has 0 atom stereocenters. The van der Waals surface area contributed by atoms with Gasteiger partial charge in [-0.2, -0.15) is 0 Å². The largest absolute Gasteiger partial charge is 0.392 e. The van der Waals surface area contributed by atoms with E-state index < -0.39 is 0 Å². The molecule has 0 fully saturated rings. The predicted molar refractivity (Wildman–Crippen MR) is 39.4 cm³/mol. The van der Waals surface area contributed by atoms with E-state index in [0.29, 0.717) is 0 Å². The maximum absolute atomic E-state index is 8.45. The number of aliphatic hydroxyl groups is 1. The molecule has 2 nitrogen and oxygen atoms in total. The van der Waals surface area contributed by atoms with E-state index in [0.717, 1.165) is 6.54 Å². The van der Waals surface area contributed by atoms with Crippen LogP contribution in [-0.4, -0.2) is 37.3 Å². The average molecular weight is 129 g/mol. The molecule has 0 saturated carbocycles. The minimum atomic E-state index is 0.152. The van der Waals surface area contributed by atoms with Crippen molar-refractivity contribution in [3.05, 3.63) is 11.6 Å². The van der Waals surface area contributed by atoms with E-state index in [-0.39, 0.29) is 6.61 Å². The van der Waals surface area contributed by atoms with E-state index in [1.807, 2.05) is 27.1 Å². The molecule has 0 amide bonds. The Hall–Kier alpha value is -0.340. The second-order valence-electron chi connectivity index (χ2n) is 2.47. The highest BCUT2D eigenvalue weighted by atomic mass is 16.2. The third kappa shape index (κ3) is 5.53. The molecule has 0 aromatic carbocycles. The number of nitrogens with zero attached hydrogens (tertiary/aromatic N) is 1. The summed E-state index contributed by atoms with van der Waals surface area (Å²) in [5.74, 6) is 0. The van der Waals surface area contributed by atoms with Crippen molar-refractivity contribution in [2.45, 2.75) is 6.92 Å². The summed E-state index contributed by atoms with van der Waals surface area (Å²) < 4.78 is 0. The molecule has 0 aliphatic carbocycles. The summed E-state index contributed by atoms with van der Waals surface area (Å²) in [7, 11) is 4.02. The molecule has 0 bridgehead atoms. The van der Waals surface area contributed by atoms with E-state index in [9.17, 15) is 0 Å². The molecule has 0 aromatic rings. The zero-order valence-electron chi connectivity index (χ0n) is 6.39. The number of rotatable bonds is 3. The summed E-state index contributed by atoms with van der Waals surface area (Å²) in [6.45, 7) is 3.09. The summed E-state index contributed by atoms with van der Waals surface area (Å²) in [6, 6.07) is 0. The summed E-state index contributed by atoms with van der Waals surface area (Å²) in [5.41, 5.74) is 1.21. The van der Waals surface area contributed by atoms with Crippen LogP contribution in [0.15, 0.2) is 11.6 Å². The second kappa shape index (κ2) is 4.53. The van der Waals surface area contributed by atoms with Crippen LogP contribution in [0.4, 0.5) is 0 Å². The van der Waals surface area contributed by atoms with E-state index in [1.54, 1.807) is 0 Å². The van der Waals surface area contributed by atoms with Gasteiger partial charge >= 0.3 is 0 Å². The highest BCUT2D eigenvalue weighted by molar-refractivity contribution is 4.99. The Morgan fingerprint density at radius 1 is 1.56 bits per heavy atom. The molecule has 2 heteroatoms. The number of hydrogen-bond acceptors (Lipinski definition) is 2. The molecule has 0 radical (unpaired) electrons. The van der Waals surface area contributed by atoms with Gasteiger partial charge in [0, 0.05) is 6.54 Å². The first kappa shape index (κ1) is 8.66. The molecule has 54 valence electrons. The van der Waals surface area contributed by atoms with Gasteiger partial charge in [-0.05, 0) is 21.0 Å². The van der Waals surface area contributed by atoms with Crippen LogP contribution >= 0.6 is 0 Å². The van der Waals surface area contributed by atoms with E-state index in [1.165, 1.54) is 5.57 Å². The molecule has 0 aliphatic rings. The normalized spacial score (nSPS) is 12.8. The number of likely N-dealkylation sites (N-methyl/N-ethyl adjacent to an activating group) is 1. The smallest absolute Gasteiger partial charge is 0.0615 e. The monoisotopic (exact) mass is 129 g/mol. The average Bonchev–Trinajstić information content (AvgIpc) is 1.63. The zero-order chi connectivity index (χ0) is 7.28. The van der Waals surface area contributed by atoms with Crippen molar-refractivity contribution in [3.8, 4) is 0 Å². The van der Waals surface area contributed by atoms with Crippen molar-refractivity contribution < 1.29 is 5.11 Å². The predicted octanol–water partition coefficient (Wildman–Crippen LogP) is 0.487. The molecule has 0 spiro atoms. The summed E-state index contributed by atoms with van der Waals surface area (Å²) in [4.78, 5) is 2.07. The first-order chi connectivity index (χ1) is 4.16. The fraction of sp³-hybridized carbons (Fsp3) is 0.714. The molecular weight excluding hydrogens is 114 g/mol. The van der Waals surface area contributed by atoms with Crippen molar-refractivity contribution >= 4 is 0 Å². The lowest BCUT2D eigenvalue weighted by molar-refractivity contribution is 0.340. The fourth-order valence-corrected chi connectivity index (χ4v) is 0.719. The van der Waals surface area contributed by atoms with Crippen LogP contribution in [-0.2, 0) is 0 Å². The lowest BCUT2D eigenvalue weighted by Crippen LogP contribution is -2.13. The SMILES string of the molecule is C/C(=C\CO)CN(C)C. The Labute approximate surface area is 56.8 Å². The first-order valence-corrected chi connectivity index (χ1v) is 3.08. The summed E-state index contributed by atoms with van der Waals surface area (Å²) in [6.07, 6.45) is 1.82. The van der Waals surface area contributed by atoms with Gasteiger partial charge in [0.15, 0.2) is 0 Å². The standard InChI is InChI=1S/C7H15NO/c1-7(4-5-9)6-8(2)3/h4,9H,5-6H2,1-3H3/b7-4+. The van der Waals surface area contributed by atoms with Gasteiger partial charge in [-0.25, -0.2) is 0 Å². The van der Waals surface area contributed by atoms with Crippen LogP contribution in [0, 0.1) is 0 Å². The van der Waals surface area contributed by atoms with Crippen LogP contribution in [0.5, 0.6) is 0 Å². The van der Waals surface area contributed by atoms with Crippen LogP contribution in [0.25, 0.3) is 0 Å². The molecule has 0 aromatic heterocycles. The van der Waals surface area contributed by atoms with Crippen molar-refractivity contribution in [2.75, 3.05) is 27.2 Å². The highest BCUT2D eigenvalue weighted by Gasteiger charge is 1.89. The number of hydrogen-bond donors (Lipinski definition) is 1. The van der Waals surface area contributed by atoms with E-state index in [2.05, 4.69) is 4.90 Å². The van der Waals surface area contributed by atoms with Crippen LogP contribution in [0.1, 0.15) is 6.92 Å². The van der Waals surface area contributed by atoms with Crippen LogP contribution < -0.4 is 0 Å². The molecule has 0 heterocycles. The Morgan fingerprint density at radius 3 is 2.44 bits per heavy atom. The van der Waals surface area contributed by atoms with Gasteiger partial charge in [0.1, 0.15) is 0 Å². The molecule has 0 unspecified atom stereocenters. The van der Waals surface area contributed by atoms with Gasteiger partial charge < -0.3 is 10.0 Å². The Kier molecular flexibility index (Phi) is 4.36. The van der Waals surface area contributed by atoms with Crippen molar-refractivity contribution in [1.29, 1.82) is 0 Å². The van der Waals surface area contributed by atoms with Crippen molar-refractivity contribution in [1.82, 2.24) is 4.90 Å². The number of aliphatic hydroxyl groups excluding tert-OH is 1. The maximum Gasteiger partial charge on any atom is 0.0615 e. The molecule has 0 saturated heterocycles. The van der Waals surface area contributed by atoms with Crippen LogP contribution in [0.3, 0.4) is 0 Å². The van der Waals surface area contributed by atoms with E-state index in [4.69, 9.17) is 5.11 Å². The second-order valence-corrected chi connectivity index (χ2v) is 2.47. The lowest BCUT2D eigenvalue weighted by atomic mass is 10.3. The van der Waals surface area contributed by atoms with Gasteiger partial charge in [-0.15, -0.1) is 0 Å². The summed E-state index contributed by atoms with van der Waals surface area (Å²) in [5, 5.41) is 8.45. The quantitative estimate of drug-likeness (QED) is 0.560. The first-order valence-electron chi connectivity index (χ1n) is 3.08. The van der Waals surface area contributed by atoms with Crippen molar-refractivity contribution in [2.24, 2.45) is 0 Å². The highest BCUT2D eigenvalue weighted by Crippen LogP contribution is 1.91. The fourth-order valence-electron chi connectivity index (χ4n) is 0.719. The Bertz CT molecular complexity index is 97.1. The van der Waals surface area contributed by atoms with Gasteiger partial charge in [0.25, 0.3) is 0 Å². The van der Waals surface area contributed by atoms with Gasteiger partial charge in [0.05, 0.1) is 6.61 Å². The van der Waals surface area contributed by atoms with Gasteiger partial charge in [-0.1, -0.05) is 11.6 Å². The van der Waals surface area contributed by atoms with E-state index >= 15 is 0 Å². The topological polar surface area (TPSA) is 23.5 Å². The Morgan fingerprint density at radius 2 is 2.11 bits per heavy atom. The van der Waals surface area contributed by atoms with Crippen molar-refractivity contribution in [3.63, 3.8) is 0 Å². The molecule has 0 rings (SSSR count). The van der Waals surface area contributed by atoms with Gasteiger partial charge in [0.2, 0.25) is 0 Å². The maximum atomic E-state index is 8.45. The molecule has 0 aliphatic heterocycles. The molecular formula is C7H15NO.